The number of hydrogen-bond donors (Lipinski definition) is 5. The number of aromatic hydroxyl groups is 1. The molecule has 0 amide bonds. The van der Waals surface area contributed by atoms with Gasteiger partial charge in [0.2, 0.25) is 0 Å². The number of nitrogens with zero attached hydrogens (tertiary/aromatic N) is 1. The Morgan fingerprint density at radius 2 is 1.71 bits per heavy atom. The van der Waals surface area contributed by atoms with Crippen molar-refractivity contribution >= 4 is 28.2 Å². The molecule has 0 bridgehead atoms. The van der Waals surface area contributed by atoms with Gasteiger partial charge >= 0.3 is 0 Å². The molecule has 4 aromatic rings. The van der Waals surface area contributed by atoms with E-state index in [-0.39, 0.29) is 35.2 Å². The highest BCUT2D eigenvalue weighted by molar-refractivity contribution is 5.89. The van der Waals surface area contributed by atoms with Gasteiger partial charge in [0, 0.05) is 43.3 Å². The highest BCUT2D eigenvalue weighted by Gasteiger charge is 2.51. The Labute approximate surface area is 404 Å². The van der Waals surface area contributed by atoms with Gasteiger partial charge in [-0.3, -0.25) is 9.59 Å². The quantitative estimate of drug-likeness (QED) is 0.0778. The fourth-order valence-corrected chi connectivity index (χ4v) is 13.9. The lowest BCUT2D eigenvalue weighted by atomic mass is 9.58. The molecule has 5 aliphatic rings. The van der Waals surface area contributed by atoms with Crippen LogP contribution in [-0.4, -0.2) is 63.8 Å². The molecular formula is C59H75N3O6. The van der Waals surface area contributed by atoms with Crippen LogP contribution >= 0.6 is 0 Å². The van der Waals surface area contributed by atoms with Crippen molar-refractivity contribution in [2.45, 2.75) is 160 Å². The maximum Gasteiger partial charge on any atom is 0.160 e. The number of aryl methyl sites for hydroxylation is 1. The smallest absolute Gasteiger partial charge is 0.160 e. The highest BCUT2D eigenvalue weighted by atomic mass is 16.5. The molecule has 9 heteroatoms. The van der Waals surface area contributed by atoms with Crippen molar-refractivity contribution in [2.75, 3.05) is 19.4 Å². The van der Waals surface area contributed by atoms with Crippen LogP contribution in [0, 0.1) is 52.3 Å². The Balaban J connectivity index is 0.996. The molecule has 3 saturated carbocycles. The van der Waals surface area contributed by atoms with Gasteiger partial charge in [-0.15, -0.1) is 0 Å². The maximum atomic E-state index is 14.7. The van der Waals surface area contributed by atoms with Gasteiger partial charge in [-0.25, -0.2) is 4.98 Å². The summed E-state index contributed by atoms with van der Waals surface area (Å²) in [5.74, 6) is 9.43. The summed E-state index contributed by atoms with van der Waals surface area (Å²) in [5.41, 5.74) is 9.26. The second kappa shape index (κ2) is 20.7. The maximum absolute atomic E-state index is 14.7. The lowest BCUT2D eigenvalue weighted by Gasteiger charge is -2.49. The number of aliphatic hydroxyl groups excluding tert-OH is 2. The van der Waals surface area contributed by atoms with E-state index in [4.69, 9.17) is 10.5 Å². The number of anilines is 1. The highest BCUT2D eigenvalue weighted by Crippen LogP contribution is 2.55. The third-order valence-electron chi connectivity index (χ3n) is 17.7. The minimum atomic E-state index is -1.18. The number of nitrogens with one attached hydrogen (secondary N) is 1. The number of hydrogen-bond acceptors (Lipinski definition) is 9. The van der Waals surface area contributed by atoms with Gasteiger partial charge < -0.3 is 31.1 Å². The predicted molar refractivity (Wildman–Crippen MR) is 269 cm³/mol. The third kappa shape index (κ3) is 10.1. The second-order valence-corrected chi connectivity index (χ2v) is 22.2. The number of nitrogens with two attached hydrogens (primary N) is 1. The van der Waals surface area contributed by atoms with E-state index in [2.05, 4.69) is 78.5 Å². The summed E-state index contributed by atoms with van der Waals surface area (Å²) in [5, 5.41) is 42.4. The van der Waals surface area contributed by atoms with E-state index in [1.54, 1.807) is 12.3 Å². The largest absolute Gasteiger partial charge is 0.504 e. The lowest BCUT2D eigenvalue weighted by Crippen LogP contribution is -2.53. The van der Waals surface area contributed by atoms with Crippen LogP contribution in [0.5, 0.6) is 11.5 Å². The van der Waals surface area contributed by atoms with Gasteiger partial charge in [0.05, 0.1) is 19.3 Å². The summed E-state index contributed by atoms with van der Waals surface area (Å²) >= 11 is 0. The van der Waals surface area contributed by atoms with Gasteiger partial charge in [-0.1, -0.05) is 87.4 Å². The summed E-state index contributed by atoms with van der Waals surface area (Å²) < 4.78 is 5.59. The van der Waals surface area contributed by atoms with Crippen molar-refractivity contribution in [3.05, 3.63) is 95.2 Å². The zero-order valence-corrected chi connectivity index (χ0v) is 40.7. The van der Waals surface area contributed by atoms with Crippen molar-refractivity contribution in [1.29, 1.82) is 0 Å². The first-order valence-corrected chi connectivity index (χ1v) is 26.1. The molecule has 1 saturated heterocycles. The van der Waals surface area contributed by atoms with Crippen LogP contribution in [0.3, 0.4) is 0 Å². The van der Waals surface area contributed by atoms with Crippen molar-refractivity contribution in [3.63, 3.8) is 0 Å². The van der Waals surface area contributed by atoms with Crippen molar-refractivity contribution in [3.8, 4) is 23.3 Å². The van der Waals surface area contributed by atoms with Crippen LogP contribution in [0.15, 0.2) is 72.9 Å². The molecule has 1 aromatic heterocycles. The first-order chi connectivity index (χ1) is 32.8. The molecule has 10 unspecified atom stereocenters. The number of pyridine rings is 1. The number of methoxy groups -OCH3 is 1. The molecule has 4 fully saturated rings. The summed E-state index contributed by atoms with van der Waals surface area (Å²) in [4.78, 5) is 31.3. The Hall–Kier alpha value is -4.75. The third-order valence-corrected chi connectivity index (χ3v) is 17.7. The lowest BCUT2D eigenvalue weighted by molar-refractivity contribution is -0.135. The normalized spacial score (nSPS) is 28.4. The molecule has 6 N–H and O–H groups in total. The number of ether oxygens (including phenoxy) is 1. The molecule has 10 atom stereocenters. The van der Waals surface area contributed by atoms with Gasteiger partial charge in [0.1, 0.15) is 17.0 Å². The molecule has 0 radical (unpaired) electrons. The molecular weight excluding hydrogens is 847 g/mol. The number of rotatable bonds is 14. The molecule has 9 nitrogen and oxygen atoms in total. The molecule has 1 aliphatic heterocycles. The number of carbonyl (C=O) groups excluding carboxylic acids is 2. The van der Waals surface area contributed by atoms with E-state index in [9.17, 15) is 24.9 Å². The van der Waals surface area contributed by atoms with Crippen LogP contribution in [0.1, 0.15) is 157 Å². The number of piperidine rings is 1. The Kier molecular flexibility index (Phi) is 14.7. The topological polar surface area (TPSA) is 155 Å². The number of nitrogen functional groups attached to an aromatic ring is 1. The van der Waals surface area contributed by atoms with E-state index < -0.39 is 23.5 Å². The SMILES string of the molecule is COc1cc2c(cc1O)C(CCC(O)C(CCC(C)C)C(c1ccnc(N)c1)c1ccc3ccccc3c1)C#CC1(CCC(CC3(C4CNC5CC(=O)CCC5C4)CCCC3)CC1O)C(=O)CC2. The number of aromatic nitrogens is 1. The molecule has 362 valence electrons. The number of fused-ring (bicyclic) bond motifs is 3. The molecule has 68 heavy (non-hydrogen) atoms. The second-order valence-electron chi connectivity index (χ2n) is 22.2. The van der Waals surface area contributed by atoms with Gasteiger partial charge in [-0.05, 0) is 176 Å². The predicted octanol–water partition coefficient (Wildman–Crippen LogP) is 10.6. The van der Waals surface area contributed by atoms with E-state index in [0.717, 1.165) is 71.7 Å². The Bertz CT molecular complexity index is 2500. The minimum absolute atomic E-state index is 0.0109. The van der Waals surface area contributed by atoms with E-state index in [1.807, 2.05) is 18.2 Å². The fraction of sp³-hybridized carbons (Fsp3) is 0.576. The Morgan fingerprint density at radius 1 is 0.912 bits per heavy atom. The van der Waals surface area contributed by atoms with E-state index in [0.29, 0.717) is 92.0 Å². The first-order valence-electron chi connectivity index (χ1n) is 26.1. The molecule has 1 spiro atoms. The van der Waals surface area contributed by atoms with E-state index >= 15 is 0 Å². The zero-order chi connectivity index (χ0) is 47.6. The van der Waals surface area contributed by atoms with Crippen molar-refractivity contribution < 1.29 is 29.6 Å². The summed E-state index contributed by atoms with van der Waals surface area (Å²) in [7, 11) is 1.54. The standard InChI is InChI=1S/C59H75N3O6/c1-37(2)10-17-48(57(45-22-27-61-56(60)32-45)44-12-11-39-8-4-5-9-41(39)29-44)51(64)18-14-40-21-26-59(54(66)19-15-42-31-53(68-3)52(65)34-49(40)42)25-20-38(28-55(59)67)35-58(23-6-7-24-58)46-30-43-13-16-47(63)33-50(43)62-36-46/h4-5,8-9,11-12,22,27,29,31-32,34,37-38,40,43,46,48,50-51,55,57,62,64-65,67H,6-7,10,13-20,23-25,28,30,33,35-36H2,1-3H3,(H2,60,61). The number of phenols is 1. The van der Waals surface area contributed by atoms with Gasteiger partial charge in [0.25, 0.3) is 0 Å². The average Bonchev–Trinajstić information content (AvgIpc) is 3.83. The van der Waals surface area contributed by atoms with E-state index in [1.165, 1.54) is 39.2 Å². The van der Waals surface area contributed by atoms with Gasteiger partial charge in [0.15, 0.2) is 17.3 Å². The number of benzene rings is 3. The van der Waals surface area contributed by atoms with Crippen LogP contribution in [0.25, 0.3) is 10.8 Å². The molecule has 3 aromatic carbocycles. The number of phenolic OH excluding ortho intramolecular Hbond substituents is 1. The summed E-state index contributed by atoms with van der Waals surface area (Å²) in [6, 6.07) is 22.8. The number of carbonyl (C=O) groups is 2. The fourth-order valence-electron chi connectivity index (χ4n) is 13.9. The van der Waals surface area contributed by atoms with Crippen LogP contribution in [0.2, 0.25) is 0 Å². The van der Waals surface area contributed by atoms with Crippen LogP contribution in [0.4, 0.5) is 5.82 Å². The Morgan fingerprint density at radius 3 is 2.47 bits per heavy atom. The average molecular weight is 922 g/mol. The van der Waals surface area contributed by atoms with Crippen LogP contribution < -0.4 is 15.8 Å². The first kappa shape index (κ1) is 48.3. The number of Topliss-reactive ketones (excluding diaryl/α,β-unsaturated/α-hetero) is 2. The van der Waals surface area contributed by atoms with Crippen molar-refractivity contribution in [1.82, 2.24) is 10.3 Å². The summed E-state index contributed by atoms with van der Waals surface area (Å²) in [6.07, 6.45) is 14.9. The molecule has 2 heterocycles. The summed E-state index contributed by atoms with van der Waals surface area (Å²) in [6.45, 7) is 5.41. The van der Waals surface area contributed by atoms with Gasteiger partial charge in [-0.2, -0.15) is 0 Å². The minimum Gasteiger partial charge on any atom is -0.504 e. The monoisotopic (exact) mass is 922 g/mol. The number of aliphatic hydroxyl groups is 2. The van der Waals surface area contributed by atoms with Crippen LogP contribution in [-0.2, 0) is 16.0 Å². The number of ketones is 2. The van der Waals surface area contributed by atoms with Crippen molar-refractivity contribution in [2.24, 2.45) is 40.4 Å². The zero-order valence-electron chi connectivity index (χ0n) is 40.7. The molecule has 4 aliphatic carbocycles. The molecule has 9 rings (SSSR count).